The van der Waals surface area contributed by atoms with Crippen molar-refractivity contribution in [3.8, 4) is 5.75 Å². The number of amides is 1. The largest absolute Gasteiger partial charge is 0.496 e. The van der Waals surface area contributed by atoms with Gasteiger partial charge in [-0.25, -0.2) is 5.01 Å². The maximum atomic E-state index is 11.7. The Morgan fingerprint density at radius 1 is 1.37 bits per heavy atom. The number of hydrazine groups is 1. The first-order valence-electron chi connectivity index (χ1n) is 6.22. The van der Waals surface area contributed by atoms with Crippen molar-refractivity contribution in [2.45, 2.75) is 26.3 Å². The highest BCUT2D eigenvalue weighted by molar-refractivity contribution is 5.76. The Morgan fingerprint density at radius 3 is 2.53 bits per heavy atom. The Hall–Kier alpha value is -1.59. The summed E-state index contributed by atoms with van der Waals surface area (Å²) >= 11 is 0. The molecule has 0 spiro atoms. The van der Waals surface area contributed by atoms with E-state index in [1.807, 2.05) is 26.0 Å². The van der Waals surface area contributed by atoms with Gasteiger partial charge in [0.25, 0.3) is 0 Å². The number of hydrogen-bond acceptors (Lipinski definition) is 4. The molecule has 1 rings (SSSR count). The monoisotopic (exact) mass is 265 g/mol. The number of aryl methyl sites for hydroxylation is 2. The summed E-state index contributed by atoms with van der Waals surface area (Å²) in [5, 5.41) is 1.61. The lowest BCUT2D eigenvalue weighted by Crippen LogP contribution is -2.37. The van der Waals surface area contributed by atoms with Crippen LogP contribution in [0.25, 0.3) is 0 Å². The van der Waals surface area contributed by atoms with Crippen molar-refractivity contribution < 1.29 is 9.53 Å². The van der Waals surface area contributed by atoms with Crippen LogP contribution in [0.5, 0.6) is 5.75 Å². The van der Waals surface area contributed by atoms with Gasteiger partial charge in [-0.1, -0.05) is 6.07 Å². The van der Waals surface area contributed by atoms with Gasteiger partial charge in [0.05, 0.1) is 7.11 Å². The third-order valence-corrected chi connectivity index (χ3v) is 2.94. The molecule has 1 aromatic rings. The molecule has 1 unspecified atom stereocenters. The lowest BCUT2D eigenvalue weighted by molar-refractivity contribution is -0.125. The van der Waals surface area contributed by atoms with Crippen molar-refractivity contribution in [2.24, 2.45) is 5.73 Å². The van der Waals surface area contributed by atoms with E-state index in [9.17, 15) is 4.79 Å². The van der Waals surface area contributed by atoms with Gasteiger partial charge in [0, 0.05) is 26.6 Å². The van der Waals surface area contributed by atoms with Crippen LogP contribution in [0, 0.1) is 13.8 Å². The molecule has 0 aromatic heterocycles. The van der Waals surface area contributed by atoms with Crippen LogP contribution in [-0.2, 0) is 4.79 Å². The number of nitrogens with two attached hydrogens (primary N) is 1. The Kier molecular flexibility index (Phi) is 5.32. The van der Waals surface area contributed by atoms with Crippen LogP contribution >= 0.6 is 0 Å². The van der Waals surface area contributed by atoms with Gasteiger partial charge in [-0.05, 0) is 36.6 Å². The number of carbonyl (C=O) groups is 1. The molecule has 1 amide bonds. The first-order chi connectivity index (χ1) is 8.85. The average Bonchev–Trinajstić information content (AvgIpc) is 2.30. The predicted octanol–water partition coefficient (Wildman–Crippen LogP) is 1.29. The van der Waals surface area contributed by atoms with E-state index in [1.165, 1.54) is 0 Å². The van der Waals surface area contributed by atoms with Crippen molar-refractivity contribution in [1.82, 2.24) is 10.4 Å². The molecule has 0 bridgehead atoms. The van der Waals surface area contributed by atoms with Gasteiger partial charge in [-0.2, -0.15) is 0 Å². The number of methoxy groups -OCH3 is 1. The number of rotatable bonds is 5. The number of carbonyl (C=O) groups excluding carboxylic acids is 1. The van der Waals surface area contributed by atoms with Crippen molar-refractivity contribution in [3.63, 3.8) is 0 Å². The highest BCUT2D eigenvalue weighted by atomic mass is 16.5. The SMILES string of the molecule is COc1cc(C)c(C(N)CC(=O)NN(C)C)cc1C. The van der Waals surface area contributed by atoms with Crippen LogP contribution in [-0.4, -0.2) is 32.1 Å². The van der Waals surface area contributed by atoms with Crippen LogP contribution in [0.2, 0.25) is 0 Å². The molecule has 19 heavy (non-hydrogen) atoms. The van der Waals surface area contributed by atoms with Gasteiger partial charge in [-0.15, -0.1) is 0 Å². The molecular weight excluding hydrogens is 242 g/mol. The zero-order chi connectivity index (χ0) is 14.6. The number of nitrogens with one attached hydrogen (secondary N) is 1. The van der Waals surface area contributed by atoms with E-state index in [1.54, 1.807) is 26.2 Å². The van der Waals surface area contributed by atoms with Gasteiger partial charge in [-0.3, -0.25) is 10.2 Å². The Labute approximate surface area is 114 Å². The lowest BCUT2D eigenvalue weighted by atomic mass is 9.96. The van der Waals surface area contributed by atoms with Crippen LogP contribution in [0.15, 0.2) is 12.1 Å². The minimum absolute atomic E-state index is 0.0922. The molecule has 3 N–H and O–H groups in total. The van der Waals surface area contributed by atoms with Crippen LogP contribution in [0.3, 0.4) is 0 Å². The highest BCUT2D eigenvalue weighted by Gasteiger charge is 2.15. The Morgan fingerprint density at radius 2 is 2.00 bits per heavy atom. The van der Waals surface area contributed by atoms with E-state index in [0.29, 0.717) is 0 Å². The molecule has 0 aliphatic carbocycles. The summed E-state index contributed by atoms with van der Waals surface area (Å²) in [5.74, 6) is 0.747. The Bertz CT molecular complexity index is 458. The van der Waals surface area contributed by atoms with E-state index in [-0.39, 0.29) is 18.4 Å². The van der Waals surface area contributed by atoms with Crippen molar-refractivity contribution in [2.75, 3.05) is 21.2 Å². The minimum Gasteiger partial charge on any atom is -0.496 e. The van der Waals surface area contributed by atoms with Gasteiger partial charge in [0.15, 0.2) is 0 Å². The molecular formula is C14H23N3O2. The first kappa shape index (κ1) is 15.5. The summed E-state index contributed by atoms with van der Waals surface area (Å²) in [4.78, 5) is 11.7. The fourth-order valence-electron chi connectivity index (χ4n) is 2.04. The second-order valence-corrected chi connectivity index (χ2v) is 4.92. The molecule has 0 heterocycles. The van der Waals surface area contributed by atoms with Gasteiger partial charge >= 0.3 is 0 Å². The summed E-state index contributed by atoms with van der Waals surface area (Å²) in [6.45, 7) is 3.94. The van der Waals surface area contributed by atoms with E-state index >= 15 is 0 Å². The maximum absolute atomic E-state index is 11.7. The predicted molar refractivity (Wildman–Crippen MR) is 75.8 cm³/mol. The fourth-order valence-corrected chi connectivity index (χ4v) is 2.04. The molecule has 0 aliphatic heterocycles. The molecule has 0 fully saturated rings. The molecule has 0 aliphatic rings. The van der Waals surface area contributed by atoms with E-state index in [2.05, 4.69) is 5.43 Å². The quantitative estimate of drug-likeness (QED) is 0.787. The summed E-state index contributed by atoms with van der Waals surface area (Å²) in [5.41, 5.74) is 11.8. The van der Waals surface area contributed by atoms with Gasteiger partial charge in [0.2, 0.25) is 5.91 Å². The number of hydrogen-bond donors (Lipinski definition) is 2. The maximum Gasteiger partial charge on any atom is 0.236 e. The summed E-state index contributed by atoms with van der Waals surface area (Å²) < 4.78 is 5.27. The average molecular weight is 265 g/mol. The second-order valence-electron chi connectivity index (χ2n) is 4.92. The Balaban J connectivity index is 2.85. The van der Waals surface area contributed by atoms with E-state index in [4.69, 9.17) is 10.5 Å². The van der Waals surface area contributed by atoms with Crippen molar-refractivity contribution in [3.05, 3.63) is 28.8 Å². The normalized spacial score (nSPS) is 12.4. The fraction of sp³-hybridized carbons (Fsp3) is 0.500. The zero-order valence-electron chi connectivity index (χ0n) is 12.3. The van der Waals surface area contributed by atoms with E-state index < -0.39 is 0 Å². The molecule has 5 nitrogen and oxygen atoms in total. The zero-order valence-corrected chi connectivity index (χ0v) is 12.3. The molecule has 0 radical (unpaired) electrons. The number of ether oxygens (including phenoxy) is 1. The van der Waals surface area contributed by atoms with Crippen molar-refractivity contribution in [1.29, 1.82) is 0 Å². The molecule has 1 aromatic carbocycles. The summed E-state index contributed by atoms with van der Waals surface area (Å²) in [6, 6.07) is 3.63. The third-order valence-electron chi connectivity index (χ3n) is 2.94. The standard InChI is InChI=1S/C14H23N3O2/c1-9-7-13(19-5)10(2)6-11(9)12(15)8-14(18)16-17(3)4/h6-7,12H,8,15H2,1-5H3,(H,16,18). The molecule has 106 valence electrons. The number of nitrogens with zero attached hydrogens (tertiary/aromatic N) is 1. The number of benzene rings is 1. The van der Waals surface area contributed by atoms with Crippen LogP contribution in [0.4, 0.5) is 0 Å². The van der Waals surface area contributed by atoms with Gasteiger partial charge < -0.3 is 10.5 Å². The summed E-state index contributed by atoms with van der Waals surface area (Å²) in [7, 11) is 5.18. The minimum atomic E-state index is -0.315. The molecule has 0 saturated heterocycles. The third kappa shape index (κ3) is 4.22. The molecule has 1 atom stereocenters. The smallest absolute Gasteiger partial charge is 0.236 e. The first-order valence-corrected chi connectivity index (χ1v) is 6.22. The summed E-state index contributed by atoms with van der Waals surface area (Å²) in [6.07, 6.45) is 0.255. The van der Waals surface area contributed by atoms with Gasteiger partial charge in [0.1, 0.15) is 5.75 Å². The van der Waals surface area contributed by atoms with Crippen molar-refractivity contribution >= 4 is 5.91 Å². The van der Waals surface area contributed by atoms with E-state index in [0.717, 1.165) is 22.4 Å². The van der Waals surface area contributed by atoms with Crippen LogP contribution < -0.4 is 15.9 Å². The second kappa shape index (κ2) is 6.54. The molecule has 5 heteroatoms. The van der Waals surface area contributed by atoms with Crippen LogP contribution in [0.1, 0.15) is 29.2 Å². The highest BCUT2D eigenvalue weighted by Crippen LogP contribution is 2.26. The lowest BCUT2D eigenvalue weighted by Gasteiger charge is -2.18. The molecule has 0 saturated carbocycles. The topological polar surface area (TPSA) is 67.6 Å².